The molecule has 0 saturated heterocycles. The zero-order valence-electron chi connectivity index (χ0n) is 11.8. The van der Waals surface area contributed by atoms with Crippen molar-refractivity contribution in [2.75, 3.05) is 6.61 Å². The Hall–Kier alpha value is -1.77. The molecule has 2 rings (SSSR count). The second kappa shape index (κ2) is 5.91. The average Bonchev–Trinajstić information content (AvgIpc) is 2.39. The smallest absolute Gasteiger partial charge is 0.339 e. The molecule has 1 heterocycles. The second-order valence-corrected chi connectivity index (χ2v) is 4.71. The van der Waals surface area contributed by atoms with Crippen LogP contribution in [0.4, 0.5) is 0 Å². The van der Waals surface area contributed by atoms with Crippen LogP contribution in [0.15, 0.2) is 27.4 Å². The van der Waals surface area contributed by atoms with Crippen LogP contribution >= 0.6 is 0 Å². The zero-order chi connectivity index (χ0) is 13.8. The van der Waals surface area contributed by atoms with Crippen molar-refractivity contribution in [1.29, 1.82) is 0 Å². The van der Waals surface area contributed by atoms with Crippen molar-refractivity contribution >= 4 is 11.0 Å². The average molecular weight is 260 g/mol. The Bertz CT molecular complexity index is 626. The molecule has 102 valence electrons. The minimum Gasteiger partial charge on any atom is -0.493 e. The van der Waals surface area contributed by atoms with Crippen LogP contribution in [0.1, 0.15) is 37.8 Å². The molecule has 0 N–H and O–H groups in total. The predicted octanol–water partition coefficient (Wildman–Crippen LogP) is 3.84. The molecule has 0 spiro atoms. The molecule has 0 aliphatic heterocycles. The third kappa shape index (κ3) is 2.80. The highest BCUT2D eigenvalue weighted by Crippen LogP contribution is 2.24. The van der Waals surface area contributed by atoms with Crippen LogP contribution in [0.25, 0.3) is 11.0 Å². The van der Waals surface area contributed by atoms with Crippen molar-refractivity contribution in [3.8, 4) is 5.75 Å². The van der Waals surface area contributed by atoms with Gasteiger partial charge in [-0.1, -0.05) is 20.3 Å². The van der Waals surface area contributed by atoms with Crippen molar-refractivity contribution in [1.82, 2.24) is 0 Å². The van der Waals surface area contributed by atoms with Crippen molar-refractivity contribution in [2.24, 2.45) is 0 Å². The van der Waals surface area contributed by atoms with E-state index in [4.69, 9.17) is 9.15 Å². The zero-order valence-corrected chi connectivity index (χ0v) is 11.8. The molecule has 0 atom stereocenters. The molecule has 1 aromatic carbocycles. The number of hydrogen-bond donors (Lipinski definition) is 0. The molecule has 0 unspecified atom stereocenters. The van der Waals surface area contributed by atoms with E-state index >= 15 is 0 Å². The monoisotopic (exact) mass is 260 g/mol. The first-order valence-electron chi connectivity index (χ1n) is 6.86. The van der Waals surface area contributed by atoms with Crippen LogP contribution in [-0.4, -0.2) is 6.61 Å². The number of unbranched alkanes of at least 4 members (excludes halogenated alkanes) is 1. The molecular formula is C16H20O3. The Morgan fingerprint density at radius 2 is 2.05 bits per heavy atom. The Morgan fingerprint density at radius 3 is 2.74 bits per heavy atom. The lowest BCUT2D eigenvalue weighted by molar-refractivity contribution is 0.309. The SMILES string of the molecule is CCCCOc1ccc2c(C)c(CC)c(=O)oc2c1. The summed E-state index contributed by atoms with van der Waals surface area (Å²) in [7, 11) is 0. The largest absolute Gasteiger partial charge is 0.493 e. The summed E-state index contributed by atoms with van der Waals surface area (Å²) in [4.78, 5) is 11.8. The van der Waals surface area contributed by atoms with E-state index in [9.17, 15) is 4.79 Å². The Kier molecular flexibility index (Phi) is 4.25. The third-order valence-electron chi connectivity index (χ3n) is 3.38. The summed E-state index contributed by atoms with van der Waals surface area (Å²) in [5.41, 5.74) is 2.13. The molecule has 0 amide bonds. The number of hydrogen-bond acceptors (Lipinski definition) is 3. The van der Waals surface area contributed by atoms with E-state index in [-0.39, 0.29) is 5.63 Å². The van der Waals surface area contributed by atoms with Crippen LogP contribution in [0.5, 0.6) is 5.75 Å². The Labute approximate surface area is 113 Å². The highest BCUT2D eigenvalue weighted by molar-refractivity contribution is 5.82. The molecule has 3 heteroatoms. The molecule has 0 aliphatic rings. The first-order valence-corrected chi connectivity index (χ1v) is 6.86. The third-order valence-corrected chi connectivity index (χ3v) is 3.38. The van der Waals surface area contributed by atoms with Crippen LogP contribution in [0.2, 0.25) is 0 Å². The van der Waals surface area contributed by atoms with Gasteiger partial charge in [0, 0.05) is 17.0 Å². The highest BCUT2D eigenvalue weighted by atomic mass is 16.5. The summed E-state index contributed by atoms with van der Waals surface area (Å²) in [5, 5.41) is 0.985. The minimum atomic E-state index is -0.238. The van der Waals surface area contributed by atoms with Gasteiger partial charge in [-0.15, -0.1) is 0 Å². The highest BCUT2D eigenvalue weighted by Gasteiger charge is 2.10. The molecule has 0 bridgehead atoms. The normalized spacial score (nSPS) is 10.9. The lowest BCUT2D eigenvalue weighted by atomic mass is 10.0. The first kappa shape index (κ1) is 13.7. The van der Waals surface area contributed by atoms with Crippen LogP contribution in [0.3, 0.4) is 0 Å². The van der Waals surface area contributed by atoms with Gasteiger partial charge in [-0.2, -0.15) is 0 Å². The minimum absolute atomic E-state index is 0.238. The lowest BCUT2D eigenvalue weighted by Gasteiger charge is -2.09. The van der Waals surface area contributed by atoms with Gasteiger partial charge in [-0.05, 0) is 37.5 Å². The van der Waals surface area contributed by atoms with Gasteiger partial charge in [0.25, 0.3) is 0 Å². The van der Waals surface area contributed by atoms with E-state index in [2.05, 4.69) is 6.92 Å². The molecule has 2 aromatic rings. The Balaban J connectivity index is 2.41. The van der Waals surface area contributed by atoms with Crippen molar-refractivity contribution in [2.45, 2.75) is 40.0 Å². The van der Waals surface area contributed by atoms with E-state index in [0.717, 1.165) is 35.1 Å². The lowest BCUT2D eigenvalue weighted by Crippen LogP contribution is -2.09. The van der Waals surface area contributed by atoms with E-state index in [0.29, 0.717) is 18.6 Å². The van der Waals surface area contributed by atoms with Crippen molar-refractivity contribution in [3.05, 3.63) is 39.7 Å². The van der Waals surface area contributed by atoms with Gasteiger partial charge >= 0.3 is 5.63 Å². The molecule has 0 aliphatic carbocycles. The maximum atomic E-state index is 11.8. The Morgan fingerprint density at radius 1 is 1.26 bits per heavy atom. The summed E-state index contributed by atoms with van der Waals surface area (Å²) < 4.78 is 11.0. The quantitative estimate of drug-likeness (QED) is 0.605. The standard InChI is InChI=1S/C16H20O3/c1-4-6-9-18-12-7-8-14-11(3)13(5-2)16(17)19-15(14)10-12/h7-8,10H,4-6,9H2,1-3H3. The van der Waals surface area contributed by atoms with Crippen molar-refractivity contribution in [3.63, 3.8) is 0 Å². The number of benzene rings is 1. The maximum Gasteiger partial charge on any atom is 0.339 e. The van der Waals surface area contributed by atoms with Gasteiger partial charge in [-0.25, -0.2) is 4.79 Å². The summed E-state index contributed by atoms with van der Waals surface area (Å²) >= 11 is 0. The topological polar surface area (TPSA) is 39.4 Å². The fourth-order valence-electron chi connectivity index (χ4n) is 2.21. The molecule has 0 fully saturated rings. The van der Waals surface area contributed by atoms with Gasteiger partial charge in [-0.3, -0.25) is 0 Å². The predicted molar refractivity (Wildman–Crippen MR) is 77.0 cm³/mol. The van der Waals surface area contributed by atoms with Gasteiger partial charge in [0.1, 0.15) is 11.3 Å². The molecular weight excluding hydrogens is 240 g/mol. The fourth-order valence-corrected chi connectivity index (χ4v) is 2.21. The summed E-state index contributed by atoms with van der Waals surface area (Å²) in [6, 6.07) is 5.71. The van der Waals surface area contributed by atoms with E-state index in [1.54, 1.807) is 6.07 Å². The van der Waals surface area contributed by atoms with Gasteiger partial charge in [0.15, 0.2) is 0 Å². The maximum absolute atomic E-state index is 11.8. The van der Waals surface area contributed by atoms with Crippen LogP contribution in [-0.2, 0) is 6.42 Å². The number of aryl methyl sites for hydroxylation is 1. The number of fused-ring (bicyclic) bond motifs is 1. The number of ether oxygens (including phenoxy) is 1. The van der Waals surface area contributed by atoms with Crippen molar-refractivity contribution < 1.29 is 9.15 Å². The van der Waals surface area contributed by atoms with E-state index in [1.165, 1.54) is 0 Å². The molecule has 0 saturated carbocycles. The molecule has 1 aromatic heterocycles. The van der Waals surface area contributed by atoms with E-state index in [1.807, 2.05) is 26.0 Å². The number of rotatable bonds is 5. The van der Waals surface area contributed by atoms with Crippen LogP contribution in [0, 0.1) is 6.92 Å². The summed E-state index contributed by atoms with van der Waals surface area (Å²) in [5.74, 6) is 0.757. The van der Waals surface area contributed by atoms with E-state index < -0.39 is 0 Å². The van der Waals surface area contributed by atoms with Gasteiger partial charge in [0.05, 0.1) is 6.61 Å². The first-order chi connectivity index (χ1) is 9.17. The molecule has 3 nitrogen and oxygen atoms in total. The van der Waals surface area contributed by atoms with Gasteiger partial charge in [0.2, 0.25) is 0 Å². The van der Waals surface area contributed by atoms with Gasteiger partial charge < -0.3 is 9.15 Å². The second-order valence-electron chi connectivity index (χ2n) is 4.71. The summed E-state index contributed by atoms with van der Waals surface area (Å²) in [6.07, 6.45) is 2.82. The summed E-state index contributed by atoms with van der Waals surface area (Å²) in [6.45, 7) is 6.75. The fraction of sp³-hybridized carbons (Fsp3) is 0.438. The molecule has 19 heavy (non-hydrogen) atoms. The van der Waals surface area contributed by atoms with Crippen LogP contribution < -0.4 is 10.4 Å². The molecule has 0 radical (unpaired) electrons.